The molecule has 0 radical (unpaired) electrons. The Labute approximate surface area is 194 Å². The van der Waals surface area contributed by atoms with Crippen LogP contribution in [0.2, 0.25) is 0 Å². The Morgan fingerprint density at radius 3 is 1.15 bits per heavy atom. The predicted octanol–water partition coefficient (Wildman–Crippen LogP) is 6.65. The number of anilines is 4. The average Bonchev–Trinajstić information content (AvgIpc) is 2.78. The maximum Gasteiger partial charge on any atom is 0.203 e. The molecule has 0 aliphatic carbocycles. The third-order valence-electron chi connectivity index (χ3n) is 4.93. The molecule has 0 bridgehead atoms. The van der Waals surface area contributed by atoms with Crippen molar-refractivity contribution >= 4 is 22.7 Å². The van der Waals surface area contributed by atoms with Crippen molar-refractivity contribution in [1.29, 1.82) is 0 Å². The summed E-state index contributed by atoms with van der Waals surface area (Å²) in [5.74, 6) is -3.16. The topological polar surface area (TPSA) is 48.1 Å². The van der Waals surface area contributed by atoms with Gasteiger partial charge in [-0.2, -0.15) is 0 Å². The molecule has 4 nitrogen and oxygen atoms in total. The van der Waals surface area contributed by atoms with Crippen LogP contribution in [0.25, 0.3) is 0 Å². The lowest BCUT2D eigenvalue weighted by molar-refractivity contribution is 0.609. The Balaban J connectivity index is 1.75. The van der Waals surface area contributed by atoms with E-state index in [4.69, 9.17) is 0 Å². The highest BCUT2D eigenvalue weighted by Gasteiger charge is 2.31. The SMILES string of the molecule is Fc1cccc(NCC(Nc2cccc(F)c2)(Nc2cccc(F)c2)Nc2cccc(F)c2)c1. The van der Waals surface area contributed by atoms with Crippen LogP contribution in [-0.2, 0) is 0 Å². The molecule has 174 valence electrons. The standard InChI is InChI=1S/C26H22F4N4/c27-18-5-1-9-22(13-18)31-17-26(32-23-10-2-6-19(28)14-23,33-24-11-3-7-20(29)15-24)34-25-12-4-8-21(30)16-25/h1-16,31-34H,17H2. The van der Waals surface area contributed by atoms with Gasteiger partial charge in [0.05, 0.1) is 6.54 Å². The first-order valence-electron chi connectivity index (χ1n) is 10.5. The van der Waals surface area contributed by atoms with Crippen LogP contribution < -0.4 is 21.3 Å². The van der Waals surface area contributed by atoms with Gasteiger partial charge in [-0.25, -0.2) is 17.6 Å². The molecule has 0 aliphatic heterocycles. The first-order valence-corrected chi connectivity index (χ1v) is 10.5. The maximum atomic E-state index is 14.0. The van der Waals surface area contributed by atoms with E-state index in [2.05, 4.69) is 21.3 Å². The molecule has 34 heavy (non-hydrogen) atoms. The second-order valence-electron chi connectivity index (χ2n) is 7.68. The van der Waals surface area contributed by atoms with E-state index in [0.717, 1.165) is 0 Å². The van der Waals surface area contributed by atoms with Gasteiger partial charge in [0.25, 0.3) is 0 Å². The minimum atomic E-state index is -1.35. The number of benzene rings is 4. The van der Waals surface area contributed by atoms with Crippen molar-refractivity contribution in [1.82, 2.24) is 0 Å². The number of rotatable bonds is 9. The minimum absolute atomic E-state index is 0.0417. The molecular formula is C26H22F4N4. The molecule has 0 atom stereocenters. The van der Waals surface area contributed by atoms with Crippen molar-refractivity contribution in [3.05, 3.63) is 120 Å². The lowest BCUT2D eigenvalue weighted by Gasteiger charge is -2.39. The molecule has 0 saturated heterocycles. The maximum absolute atomic E-state index is 14.0. The third kappa shape index (κ3) is 6.19. The molecule has 0 spiro atoms. The van der Waals surface area contributed by atoms with Crippen LogP contribution in [-0.4, -0.2) is 12.3 Å². The summed E-state index contributed by atoms with van der Waals surface area (Å²) in [5.41, 5.74) is 1.67. The zero-order chi connectivity index (χ0) is 24.0. The van der Waals surface area contributed by atoms with Crippen LogP contribution in [0.3, 0.4) is 0 Å². The summed E-state index contributed by atoms with van der Waals surface area (Å²) in [7, 11) is 0. The van der Waals surface area contributed by atoms with Gasteiger partial charge in [0.1, 0.15) is 23.3 Å². The first-order chi connectivity index (χ1) is 16.4. The Morgan fingerprint density at radius 2 is 0.794 bits per heavy atom. The van der Waals surface area contributed by atoms with Crippen LogP contribution in [0.1, 0.15) is 0 Å². The van der Waals surface area contributed by atoms with Crippen LogP contribution in [0, 0.1) is 23.3 Å². The van der Waals surface area contributed by atoms with E-state index in [9.17, 15) is 17.6 Å². The quantitative estimate of drug-likeness (QED) is 0.165. The third-order valence-corrected chi connectivity index (χ3v) is 4.93. The van der Waals surface area contributed by atoms with E-state index in [1.54, 1.807) is 30.3 Å². The van der Waals surface area contributed by atoms with E-state index < -0.39 is 29.1 Å². The van der Waals surface area contributed by atoms with Gasteiger partial charge in [-0.1, -0.05) is 24.3 Å². The summed E-state index contributed by atoms with van der Waals surface area (Å²) in [4.78, 5) is 0. The summed E-state index contributed by atoms with van der Waals surface area (Å²) in [6, 6.07) is 23.2. The number of nitrogens with one attached hydrogen (secondary N) is 4. The van der Waals surface area contributed by atoms with E-state index in [1.165, 1.54) is 66.7 Å². The van der Waals surface area contributed by atoms with Crippen LogP contribution in [0.15, 0.2) is 97.1 Å². The molecule has 8 heteroatoms. The highest BCUT2D eigenvalue weighted by molar-refractivity contribution is 5.59. The Morgan fingerprint density at radius 1 is 0.471 bits per heavy atom. The van der Waals surface area contributed by atoms with Gasteiger partial charge in [-0.3, -0.25) is 0 Å². The molecular weight excluding hydrogens is 444 g/mol. The molecule has 4 aromatic carbocycles. The van der Waals surface area contributed by atoms with Crippen molar-refractivity contribution in [3.8, 4) is 0 Å². The highest BCUT2D eigenvalue weighted by Crippen LogP contribution is 2.25. The van der Waals surface area contributed by atoms with Gasteiger partial charge in [0.2, 0.25) is 5.79 Å². The van der Waals surface area contributed by atoms with Crippen LogP contribution in [0.4, 0.5) is 40.3 Å². The lowest BCUT2D eigenvalue weighted by Crippen LogP contribution is -2.58. The molecule has 0 unspecified atom stereocenters. The smallest absolute Gasteiger partial charge is 0.203 e. The van der Waals surface area contributed by atoms with E-state index >= 15 is 0 Å². The average molecular weight is 466 g/mol. The summed E-state index contributed by atoms with van der Waals surface area (Å²) < 4.78 is 55.6. The summed E-state index contributed by atoms with van der Waals surface area (Å²) >= 11 is 0. The molecule has 4 aromatic rings. The van der Waals surface area contributed by atoms with Gasteiger partial charge >= 0.3 is 0 Å². The van der Waals surface area contributed by atoms with Crippen molar-refractivity contribution in [3.63, 3.8) is 0 Å². The second kappa shape index (κ2) is 10.2. The Bertz CT molecular complexity index is 1150. The molecule has 0 amide bonds. The highest BCUT2D eigenvalue weighted by atomic mass is 19.1. The van der Waals surface area contributed by atoms with Gasteiger partial charge < -0.3 is 21.3 Å². The molecule has 0 aliphatic rings. The zero-order valence-electron chi connectivity index (χ0n) is 18.0. The van der Waals surface area contributed by atoms with Gasteiger partial charge in [0, 0.05) is 22.7 Å². The molecule has 0 aromatic heterocycles. The van der Waals surface area contributed by atoms with Crippen LogP contribution in [0.5, 0.6) is 0 Å². The summed E-state index contributed by atoms with van der Waals surface area (Å²) in [6.45, 7) is 0.0417. The number of hydrogen-bond acceptors (Lipinski definition) is 4. The van der Waals surface area contributed by atoms with Crippen molar-refractivity contribution in [2.45, 2.75) is 5.79 Å². The van der Waals surface area contributed by atoms with Gasteiger partial charge in [0.15, 0.2) is 0 Å². The lowest BCUT2D eigenvalue weighted by atomic mass is 10.2. The summed E-state index contributed by atoms with van der Waals surface area (Å²) in [5, 5.41) is 12.7. The molecule has 4 N–H and O–H groups in total. The molecule has 0 heterocycles. The van der Waals surface area contributed by atoms with Crippen molar-refractivity contribution < 1.29 is 17.6 Å². The normalized spacial score (nSPS) is 11.1. The number of halogens is 4. The fraction of sp³-hybridized carbons (Fsp3) is 0.0769. The van der Waals surface area contributed by atoms with E-state index in [1.807, 2.05) is 0 Å². The predicted molar refractivity (Wildman–Crippen MR) is 128 cm³/mol. The number of hydrogen-bond donors (Lipinski definition) is 4. The van der Waals surface area contributed by atoms with Crippen LogP contribution >= 0.6 is 0 Å². The second-order valence-corrected chi connectivity index (χ2v) is 7.68. The fourth-order valence-electron chi connectivity index (χ4n) is 3.50. The fourth-order valence-corrected chi connectivity index (χ4v) is 3.50. The van der Waals surface area contributed by atoms with Crippen molar-refractivity contribution in [2.24, 2.45) is 0 Å². The molecule has 4 rings (SSSR count). The van der Waals surface area contributed by atoms with Gasteiger partial charge in [-0.05, 0) is 72.8 Å². The first kappa shape index (κ1) is 23.0. The monoisotopic (exact) mass is 466 g/mol. The van der Waals surface area contributed by atoms with E-state index in [0.29, 0.717) is 22.7 Å². The Kier molecular flexibility index (Phi) is 6.87. The molecule has 0 saturated carbocycles. The summed E-state index contributed by atoms with van der Waals surface area (Å²) in [6.07, 6.45) is 0. The largest absolute Gasteiger partial charge is 0.379 e. The van der Waals surface area contributed by atoms with E-state index in [-0.39, 0.29) is 6.54 Å². The zero-order valence-corrected chi connectivity index (χ0v) is 18.0. The molecule has 0 fully saturated rings. The minimum Gasteiger partial charge on any atom is -0.379 e. The van der Waals surface area contributed by atoms with Gasteiger partial charge in [-0.15, -0.1) is 0 Å². The Hall–Kier alpha value is -4.20. The van der Waals surface area contributed by atoms with Crippen molar-refractivity contribution in [2.75, 3.05) is 27.8 Å².